The fourth-order valence-electron chi connectivity index (χ4n) is 2.01. The zero-order valence-electron chi connectivity index (χ0n) is 13.8. The number of amides is 1. The molecule has 2 rings (SSSR count). The molecule has 0 saturated heterocycles. The zero-order chi connectivity index (χ0) is 19.9. The summed E-state index contributed by atoms with van der Waals surface area (Å²) in [5, 5.41) is 17.7. The highest BCUT2D eigenvalue weighted by Crippen LogP contribution is 2.29. The Morgan fingerprint density at radius 2 is 1.78 bits per heavy atom. The van der Waals surface area contributed by atoms with E-state index in [1.54, 1.807) is 18.2 Å². The van der Waals surface area contributed by atoms with E-state index < -0.39 is 15.9 Å². The predicted molar refractivity (Wildman–Crippen MR) is 115 cm³/mol. The van der Waals surface area contributed by atoms with Crippen LogP contribution in [0.1, 0.15) is 5.56 Å². The van der Waals surface area contributed by atoms with E-state index in [9.17, 15) is 9.90 Å². The molecular weight excluding hydrogens is 429 g/mol. The Balaban J connectivity index is 1.99. The summed E-state index contributed by atoms with van der Waals surface area (Å²) in [4.78, 5) is 12.1. The normalized spacial score (nSPS) is 12.4. The van der Waals surface area contributed by atoms with Gasteiger partial charge in [0.2, 0.25) is 9.70 Å². The van der Waals surface area contributed by atoms with Crippen molar-refractivity contribution in [3.05, 3.63) is 66.2 Å². The third-order valence-corrected chi connectivity index (χ3v) is 4.09. The predicted octanol–water partition coefficient (Wildman–Crippen LogP) is 4.20. The van der Waals surface area contributed by atoms with Gasteiger partial charge in [-0.2, -0.15) is 0 Å². The molecule has 1 atom stereocenters. The smallest absolute Gasteiger partial charge is 0.245 e. The van der Waals surface area contributed by atoms with Crippen LogP contribution in [0.3, 0.4) is 0 Å². The van der Waals surface area contributed by atoms with E-state index in [1.807, 2.05) is 30.3 Å². The van der Waals surface area contributed by atoms with Crippen molar-refractivity contribution in [2.45, 2.75) is 9.96 Å². The van der Waals surface area contributed by atoms with Gasteiger partial charge in [0, 0.05) is 17.8 Å². The van der Waals surface area contributed by atoms with E-state index in [0.29, 0.717) is 5.69 Å². The summed E-state index contributed by atoms with van der Waals surface area (Å²) in [7, 11) is 0. The lowest BCUT2D eigenvalue weighted by Crippen LogP contribution is -2.55. The largest absolute Gasteiger partial charge is 0.508 e. The first-order valence-electron chi connectivity index (χ1n) is 7.71. The minimum Gasteiger partial charge on any atom is -0.508 e. The van der Waals surface area contributed by atoms with Crippen LogP contribution in [0.2, 0.25) is 0 Å². The number of nitrogens with one attached hydrogen (secondary N) is 3. The van der Waals surface area contributed by atoms with Gasteiger partial charge in [-0.1, -0.05) is 71.2 Å². The van der Waals surface area contributed by atoms with Crippen molar-refractivity contribution in [3.63, 3.8) is 0 Å². The van der Waals surface area contributed by atoms with E-state index in [4.69, 9.17) is 47.0 Å². The molecule has 0 aliphatic rings. The molecule has 0 saturated carbocycles. The zero-order valence-corrected chi connectivity index (χ0v) is 16.9. The van der Waals surface area contributed by atoms with Gasteiger partial charge in [-0.05, 0) is 36.0 Å². The first kappa shape index (κ1) is 21.3. The molecule has 142 valence electrons. The van der Waals surface area contributed by atoms with Gasteiger partial charge >= 0.3 is 0 Å². The Kier molecular flexibility index (Phi) is 7.74. The topological polar surface area (TPSA) is 73.4 Å². The Labute approximate surface area is 177 Å². The molecule has 4 N–H and O–H groups in total. The average Bonchev–Trinajstić information content (AvgIpc) is 2.59. The Bertz CT molecular complexity index is 826. The van der Waals surface area contributed by atoms with E-state index in [-0.39, 0.29) is 10.9 Å². The first-order chi connectivity index (χ1) is 12.7. The van der Waals surface area contributed by atoms with Crippen molar-refractivity contribution < 1.29 is 9.90 Å². The Hall–Kier alpha value is -1.99. The molecule has 0 aromatic heterocycles. The van der Waals surface area contributed by atoms with Gasteiger partial charge in [0.05, 0.1) is 0 Å². The summed E-state index contributed by atoms with van der Waals surface area (Å²) in [6, 6.07) is 15.6. The maximum Gasteiger partial charge on any atom is 0.245 e. The van der Waals surface area contributed by atoms with E-state index in [2.05, 4.69) is 16.0 Å². The van der Waals surface area contributed by atoms with Crippen LogP contribution < -0.4 is 16.0 Å². The van der Waals surface area contributed by atoms with Crippen LogP contribution in [0.4, 0.5) is 5.69 Å². The Morgan fingerprint density at radius 1 is 1.07 bits per heavy atom. The lowest BCUT2D eigenvalue weighted by molar-refractivity contribution is -0.117. The quantitative estimate of drug-likeness (QED) is 0.241. The number of phenolic OH excluding ortho intramolecular Hbond substituents is 1. The van der Waals surface area contributed by atoms with Crippen molar-refractivity contribution in [3.8, 4) is 5.75 Å². The lowest BCUT2D eigenvalue weighted by Gasteiger charge is -2.27. The Morgan fingerprint density at radius 3 is 2.41 bits per heavy atom. The highest BCUT2D eigenvalue weighted by atomic mass is 35.6. The number of benzene rings is 2. The van der Waals surface area contributed by atoms with Crippen LogP contribution >= 0.6 is 47.0 Å². The molecule has 0 unspecified atom stereocenters. The minimum absolute atomic E-state index is 0.0695. The summed E-state index contributed by atoms with van der Waals surface area (Å²) in [5.74, 6) is -0.400. The third kappa shape index (κ3) is 7.64. The van der Waals surface area contributed by atoms with Crippen LogP contribution in [-0.4, -0.2) is 26.1 Å². The molecule has 0 bridgehead atoms. The number of aromatic hydroxyl groups is 1. The molecule has 27 heavy (non-hydrogen) atoms. The highest BCUT2D eigenvalue weighted by Gasteiger charge is 2.34. The number of anilines is 1. The maximum atomic E-state index is 12.1. The number of hydrogen-bond acceptors (Lipinski definition) is 3. The SMILES string of the molecule is O=C(/C=C/c1ccccc1)N[C@H](NC(=S)Nc1cccc(O)c1)C(Cl)(Cl)Cl. The summed E-state index contributed by atoms with van der Waals surface area (Å²) >= 11 is 23.0. The number of hydrogen-bond donors (Lipinski definition) is 4. The molecule has 0 heterocycles. The number of alkyl halides is 3. The van der Waals surface area contributed by atoms with Crippen molar-refractivity contribution in [1.82, 2.24) is 10.6 Å². The van der Waals surface area contributed by atoms with Crippen LogP contribution in [0.15, 0.2) is 60.7 Å². The second-order valence-corrected chi connectivity index (χ2v) is 8.15. The van der Waals surface area contributed by atoms with Gasteiger partial charge in [0.1, 0.15) is 11.9 Å². The van der Waals surface area contributed by atoms with Crippen molar-refractivity contribution >= 4 is 69.8 Å². The molecule has 9 heteroatoms. The van der Waals surface area contributed by atoms with Crippen LogP contribution in [0, 0.1) is 0 Å². The summed E-state index contributed by atoms with van der Waals surface area (Å²) in [6.07, 6.45) is 1.87. The molecule has 0 radical (unpaired) electrons. The highest BCUT2D eigenvalue weighted by molar-refractivity contribution is 7.80. The first-order valence-corrected chi connectivity index (χ1v) is 9.25. The number of halogens is 3. The minimum atomic E-state index is -1.86. The molecule has 1 amide bonds. The molecule has 0 aliphatic heterocycles. The lowest BCUT2D eigenvalue weighted by atomic mass is 10.2. The van der Waals surface area contributed by atoms with Crippen LogP contribution in [-0.2, 0) is 4.79 Å². The van der Waals surface area contributed by atoms with E-state index in [0.717, 1.165) is 5.56 Å². The molecule has 2 aromatic carbocycles. The maximum absolute atomic E-state index is 12.1. The average molecular weight is 445 g/mol. The van der Waals surface area contributed by atoms with Gasteiger partial charge in [-0.15, -0.1) is 0 Å². The van der Waals surface area contributed by atoms with E-state index >= 15 is 0 Å². The number of carbonyl (C=O) groups is 1. The molecule has 0 aliphatic carbocycles. The van der Waals surface area contributed by atoms with Gasteiger partial charge in [0.25, 0.3) is 0 Å². The number of phenols is 1. The third-order valence-electron chi connectivity index (χ3n) is 3.22. The summed E-state index contributed by atoms with van der Waals surface area (Å²) < 4.78 is -1.86. The number of thiocarbonyl (C=S) groups is 1. The van der Waals surface area contributed by atoms with Crippen LogP contribution in [0.25, 0.3) is 6.08 Å². The van der Waals surface area contributed by atoms with Gasteiger partial charge in [-0.3, -0.25) is 4.79 Å². The standard InChI is InChI=1S/C18H16Cl3N3O2S/c19-18(20,21)16(23-15(26)10-9-12-5-2-1-3-6-12)24-17(27)22-13-7-4-8-14(25)11-13/h1-11,16,25H,(H,23,26)(H2,22,24,27)/b10-9+/t16-/m1/s1. The molecular formula is C18H16Cl3N3O2S. The number of carbonyl (C=O) groups excluding carboxylic acids is 1. The fraction of sp³-hybridized carbons (Fsp3) is 0.111. The van der Waals surface area contributed by atoms with Gasteiger partial charge < -0.3 is 21.1 Å². The molecule has 0 spiro atoms. The van der Waals surface area contributed by atoms with Crippen LogP contribution in [0.5, 0.6) is 5.75 Å². The monoisotopic (exact) mass is 443 g/mol. The van der Waals surface area contributed by atoms with Crippen molar-refractivity contribution in [2.75, 3.05) is 5.32 Å². The van der Waals surface area contributed by atoms with Crippen molar-refractivity contribution in [2.24, 2.45) is 0 Å². The molecule has 0 fully saturated rings. The summed E-state index contributed by atoms with van der Waals surface area (Å²) in [6.45, 7) is 0. The second-order valence-electron chi connectivity index (χ2n) is 5.38. The van der Waals surface area contributed by atoms with Gasteiger partial charge in [-0.25, -0.2) is 0 Å². The summed E-state index contributed by atoms with van der Waals surface area (Å²) in [5.41, 5.74) is 1.39. The second kappa shape index (κ2) is 9.80. The molecule has 5 nitrogen and oxygen atoms in total. The number of rotatable bonds is 5. The fourth-order valence-corrected chi connectivity index (χ4v) is 2.57. The van der Waals surface area contributed by atoms with E-state index in [1.165, 1.54) is 18.2 Å². The molecule has 2 aromatic rings. The van der Waals surface area contributed by atoms with Crippen molar-refractivity contribution in [1.29, 1.82) is 0 Å². The van der Waals surface area contributed by atoms with Gasteiger partial charge in [0.15, 0.2) is 5.11 Å².